The second kappa shape index (κ2) is 5.94. The summed E-state index contributed by atoms with van der Waals surface area (Å²) in [6.07, 6.45) is -5.96. The largest absolute Gasteiger partial charge is 0.463 e. The maximum atomic E-state index is 12.6. The summed E-state index contributed by atoms with van der Waals surface area (Å²) in [5.41, 5.74) is 0. The van der Waals surface area contributed by atoms with E-state index >= 15 is 0 Å². The van der Waals surface area contributed by atoms with Crippen LogP contribution >= 0.6 is 15.9 Å². The van der Waals surface area contributed by atoms with Gasteiger partial charge >= 0.3 is 18.0 Å². The molecule has 9 heteroatoms. The van der Waals surface area contributed by atoms with Crippen LogP contribution in [-0.4, -0.2) is 35.2 Å². The average molecular weight is 340 g/mol. The number of hydrogen-bond donors (Lipinski definition) is 1. The minimum Gasteiger partial charge on any atom is -0.347 e. The number of halogens is 6. The minimum atomic E-state index is -5.96. The maximum Gasteiger partial charge on any atom is 0.463 e. The number of ketones is 1. The molecular weight excluding hydrogens is 329 g/mol. The molecule has 0 bridgehead atoms. The van der Waals surface area contributed by atoms with Gasteiger partial charge in [0.05, 0.1) is 5.33 Å². The standard InChI is InChI=1S/C9H11BrF5NO2/c1-4(6(17)3-10)5(2)16-7(18)8(11,12)9(13,14)15/h4-5H,3H2,1-2H3,(H,16,18). The van der Waals surface area contributed by atoms with Gasteiger partial charge in [-0.25, -0.2) is 0 Å². The average Bonchev–Trinajstić information content (AvgIpc) is 2.24. The van der Waals surface area contributed by atoms with Gasteiger partial charge < -0.3 is 5.32 Å². The summed E-state index contributed by atoms with van der Waals surface area (Å²) >= 11 is 2.83. The third-order valence-electron chi connectivity index (χ3n) is 2.39. The molecule has 0 aliphatic carbocycles. The molecule has 0 fully saturated rings. The molecule has 0 saturated carbocycles. The molecule has 18 heavy (non-hydrogen) atoms. The van der Waals surface area contributed by atoms with Crippen molar-refractivity contribution in [1.82, 2.24) is 5.32 Å². The molecule has 0 aromatic heterocycles. The molecule has 0 aromatic rings. The number of nitrogens with one attached hydrogen (secondary N) is 1. The molecule has 1 amide bonds. The van der Waals surface area contributed by atoms with Gasteiger partial charge in [-0.1, -0.05) is 22.9 Å². The first kappa shape index (κ1) is 17.3. The van der Waals surface area contributed by atoms with E-state index in [0.29, 0.717) is 0 Å². The van der Waals surface area contributed by atoms with Crippen LogP contribution in [0.4, 0.5) is 22.0 Å². The van der Waals surface area contributed by atoms with E-state index in [1.165, 1.54) is 19.2 Å². The molecule has 0 heterocycles. The molecule has 2 unspecified atom stereocenters. The highest BCUT2D eigenvalue weighted by Crippen LogP contribution is 2.35. The predicted octanol–water partition coefficient (Wildman–Crippen LogP) is 2.29. The smallest absolute Gasteiger partial charge is 0.347 e. The second-order valence-corrected chi connectivity index (χ2v) is 4.28. The van der Waals surface area contributed by atoms with Crippen molar-refractivity contribution < 1.29 is 31.5 Å². The van der Waals surface area contributed by atoms with Crippen molar-refractivity contribution in [2.75, 3.05) is 5.33 Å². The van der Waals surface area contributed by atoms with E-state index in [9.17, 15) is 31.5 Å². The predicted molar refractivity (Wildman–Crippen MR) is 56.6 cm³/mol. The van der Waals surface area contributed by atoms with Crippen LogP contribution in [0.2, 0.25) is 0 Å². The SMILES string of the molecule is CC(NC(=O)C(F)(F)C(F)(F)F)C(C)C(=O)CBr. The molecular formula is C9H11BrF5NO2. The number of Topliss-reactive ketones (excluding diaryl/α,β-unsaturated/α-hetero) is 1. The molecule has 3 nitrogen and oxygen atoms in total. The van der Waals surface area contributed by atoms with E-state index in [1.807, 2.05) is 0 Å². The summed E-state index contributed by atoms with van der Waals surface area (Å²) in [6, 6.07) is -1.13. The Balaban J connectivity index is 4.73. The third kappa shape index (κ3) is 3.89. The number of amides is 1. The molecule has 0 radical (unpaired) electrons. The van der Waals surface area contributed by atoms with Crippen molar-refractivity contribution in [3.05, 3.63) is 0 Å². The van der Waals surface area contributed by atoms with E-state index in [0.717, 1.165) is 0 Å². The number of carbonyl (C=O) groups is 2. The Morgan fingerprint density at radius 2 is 1.61 bits per heavy atom. The van der Waals surface area contributed by atoms with Gasteiger partial charge in [-0.2, -0.15) is 22.0 Å². The summed E-state index contributed by atoms with van der Waals surface area (Å²) in [5.74, 6) is -9.23. The van der Waals surface area contributed by atoms with Crippen LogP contribution in [0.15, 0.2) is 0 Å². The molecule has 2 atom stereocenters. The highest BCUT2D eigenvalue weighted by Gasteiger charge is 2.63. The Kier molecular flexibility index (Phi) is 5.70. The van der Waals surface area contributed by atoms with Crippen molar-refractivity contribution in [1.29, 1.82) is 0 Å². The lowest BCUT2D eigenvalue weighted by atomic mass is 9.99. The Morgan fingerprint density at radius 1 is 1.17 bits per heavy atom. The second-order valence-electron chi connectivity index (χ2n) is 3.72. The van der Waals surface area contributed by atoms with Crippen molar-refractivity contribution in [3.8, 4) is 0 Å². The van der Waals surface area contributed by atoms with Gasteiger partial charge in [-0.3, -0.25) is 9.59 Å². The third-order valence-corrected chi connectivity index (χ3v) is 2.94. The van der Waals surface area contributed by atoms with Crippen LogP contribution in [0.1, 0.15) is 13.8 Å². The number of alkyl halides is 6. The van der Waals surface area contributed by atoms with Crippen LogP contribution in [0.25, 0.3) is 0 Å². The zero-order valence-corrected chi connectivity index (χ0v) is 11.0. The Hall–Kier alpha value is -0.730. The maximum absolute atomic E-state index is 12.6. The van der Waals surface area contributed by atoms with Crippen molar-refractivity contribution in [3.63, 3.8) is 0 Å². The summed E-state index contributed by atoms with van der Waals surface area (Å²) < 4.78 is 60.8. The topological polar surface area (TPSA) is 46.2 Å². The van der Waals surface area contributed by atoms with E-state index < -0.39 is 35.7 Å². The number of hydrogen-bond acceptors (Lipinski definition) is 2. The van der Waals surface area contributed by atoms with Crippen molar-refractivity contribution in [2.24, 2.45) is 5.92 Å². The highest BCUT2D eigenvalue weighted by atomic mass is 79.9. The number of rotatable bonds is 5. The fourth-order valence-corrected chi connectivity index (χ4v) is 1.46. The minimum absolute atomic E-state index is 0.0793. The molecule has 0 aliphatic heterocycles. The number of carbonyl (C=O) groups excluding carboxylic acids is 2. The summed E-state index contributed by atoms with van der Waals surface area (Å²) in [5, 5.41) is 1.41. The fraction of sp³-hybridized carbons (Fsp3) is 0.778. The Morgan fingerprint density at radius 3 is 1.94 bits per heavy atom. The van der Waals surface area contributed by atoms with Gasteiger partial charge in [0.15, 0.2) is 0 Å². The molecule has 0 rings (SSSR count). The van der Waals surface area contributed by atoms with Gasteiger partial charge in [0.2, 0.25) is 0 Å². The first-order valence-electron chi connectivity index (χ1n) is 4.79. The van der Waals surface area contributed by atoms with Crippen LogP contribution in [0.3, 0.4) is 0 Å². The van der Waals surface area contributed by atoms with Gasteiger partial charge in [0, 0.05) is 12.0 Å². The van der Waals surface area contributed by atoms with E-state index in [2.05, 4.69) is 15.9 Å². The first-order chi connectivity index (χ1) is 7.95. The summed E-state index contributed by atoms with van der Waals surface area (Å²) in [7, 11) is 0. The molecule has 0 spiro atoms. The molecule has 0 aliphatic rings. The Labute approximate surface area is 108 Å². The quantitative estimate of drug-likeness (QED) is 0.617. The van der Waals surface area contributed by atoms with Gasteiger partial charge in [0.1, 0.15) is 5.78 Å². The molecule has 0 aromatic carbocycles. The Bertz CT molecular complexity index is 331. The van der Waals surface area contributed by atoms with E-state index in [-0.39, 0.29) is 5.33 Å². The van der Waals surface area contributed by atoms with E-state index in [4.69, 9.17) is 0 Å². The summed E-state index contributed by atoms with van der Waals surface area (Å²) in [6.45, 7) is 2.50. The summed E-state index contributed by atoms with van der Waals surface area (Å²) in [4.78, 5) is 22.0. The molecule has 106 valence electrons. The normalized spacial score (nSPS) is 16.0. The van der Waals surface area contributed by atoms with E-state index in [1.54, 1.807) is 0 Å². The van der Waals surface area contributed by atoms with Gasteiger partial charge in [0.25, 0.3) is 0 Å². The monoisotopic (exact) mass is 339 g/mol. The zero-order valence-electron chi connectivity index (χ0n) is 9.45. The highest BCUT2D eigenvalue weighted by molar-refractivity contribution is 9.09. The molecule has 0 saturated heterocycles. The van der Waals surface area contributed by atoms with Crippen LogP contribution in [0, 0.1) is 5.92 Å². The van der Waals surface area contributed by atoms with Crippen LogP contribution in [0.5, 0.6) is 0 Å². The van der Waals surface area contributed by atoms with Crippen molar-refractivity contribution >= 4 is 27.6 Å². The molecule has 1 N–H and O–H groups in total. The van der Waals surface area contributed by atoms with Gasteiger partial charge in [-0.15, -0.1) is 0 Å². The van der Waals surface area contributed by atoms with Crippen molar-refractivity contribution in [2.45, 2.75) is 32.0 Å². The fourth-order valence-electron chi connectivity index (χ4n) is 0.952. The lowest BCUT2D eigenvalue weighted by Crippen LogP contribution is -2.54. The van der Waals surface area contributed by atoms with Crippen LogP contribution < -0.4 is 5.32 Å². The van der Waals surface area contributed by atoms with Gasteiger partial charge in [-0.05, 0) is 6.92 Å². The van der Waals surface area contributed by atoms with Crippen LogP contribution in [-0.2, 0) is 9.59 Å². The first-order valence-corrected chi connectivity index (χ1v) is 5.91. The lowest BCUT2D eigenvalue weighted by molar-refractivity contribution is -0.270. The zero-order chi connectivity index (χ0) is 14.7. The lowest BCUT2D eigenvalue weighted by Gasteiger charge is -2.24.